The lowest BCUT2D eigenvalue weighted by Crippen LogP contribution is -2.61. The first-order valence-electron chi connectivity index (χ1n) is 17.9. The maximum atomic E-state index is 13.3. The molecule has 308 valence electrons. The standard InChI is InChI=1S/C34H65N7O12/c1-13(2)11-19(25(44)29(36)48)39-30(49)24(43)18(10)38-34(53)28(47)22(16(7)8)41-32(51)26(45)20(12-14(3)4)40-31(50)23(42)17(9)37-33(52)27(46)21(35)15(5)6/h13-28,42-47H,11-12,35H2,1-10H3,(H2,36,48)(H,37,52)(H,38,53)(H,39,49)(H,40,50)(H,41,51)/t17-,18-,19-,20-,21-,22-,23-,24-,25-,26-,27-,28-/m0/s1. The number of amides is 6. The molecule has 19 nitrogen and oxygen atoms in total. The third-order valence-corrected chi connectivity index (χ3v) is 8.69. The van der Waals surface area contributed by atoms with E-state index in [9.17, 15) is 59.4 Å². The maximum absolute atomic E-state index is 13.3. The zero-order chi connectivity index (χ0) is 41.7. The van der Waals surface area contributed by atoms with Crippen LogP contribution >= 0.6 is 0 Å². The van der Waals surface area contributed by atoms with E-state index in [1.807, 2.05) is 0 Å². The largest absolute Gasteiger partial charge is 0.382 e. The number of nitrogens with two attached hydrogens (primary N) is 2. The molecule has 0 radical (unpaired) electrons. The summed E-state index contributed by atoms with van der Waals surface area (Å²) in [5, 5.41) is 75.2. The molecule has 0 saturated heterocycles. The van der Waals surface area contributed by atoms with Gasteiger partial charge in [-0.2, -0.15) is 0 Å². The number of rotatable bonds is 23. The van der Waals surface area contributed by atoms with Gasteiger partial charge in [0.05, 0.1) is 30.2 Å². The Morgan fingerprint density at radius 1 is 0.453 bits per heavy atom. The zero-order valence-electron chi connectivity index (χ0n) is 32.4. The van der Waals surface area contributed by atoms with Crippen LogP contribution in [-0.4, -0.2) is 139 Å². The van der Waals surface area contributed by atoms with Gasteiger partial charge >= 0.3 is 0 Å². The molecule has 0 heterocycles. The molecule has 6 amide bonds. The van der Waals surface area contributed by atoms with Crippen molar-refractivity contribution in [1.29, 1.82) is 0 Å². The van der Waals surface area contributed by atoms with Crippen LogP contribution in [0.3, 0.4) is 0 Å². The molecule has 19 heteroatoms. The SMILES string of the molecule is CC(C)C[C@H](NC(=O)[C@@H](O)[C@H](C)NC(=O)[C@@H](O)[C@@H](NC(=O)[C@@H](O)[C@H](CC(C)C)NC(=O)[C@@H](O)[C@H](C)NC(=O)[C@@H](O)[C@@H](N)C(C)C)C(C)C)[C@H](O)C(N)=O. The van der Waals surface area contributed by atoms with Gasteiger partial charge < -0.3 is 68.7 Å². The van der Waals surface area contributed by atoms with Crippen molar-refractivity contribution in [3.63, 3.8) is 0 Å². The van der Waals surface area contributed by atoms with Gasteiger partial charge in [0.15, 0.2) is 30.5 Å². The van der Waals surface area contributed by atoms with E-state index in [-0.39, 0.29) is 30.6 Å². The van der Waals surface area contributed by atoms with Gasteiger partial charge in [0.25, 0.3) is 29.5 Å². The number of hydrogen-bond acceptors (Lipinski definition) is 13. The average Bonchev–Trinajstić information content (AvgIpc) is 3.06. The van der Waals surface area contributed by atoms with Gasteiger partial charge in [0, 0.05) is 6.04 Å². The molecule has 0 bridgehead atoms. The number of nitrogens with one attached hydrogen (secondary N) is 5. The predicted molar refractivity (Wildman–Crippen MR) is 193 cm³/mol. The minimum atomic E-state index is -1.96. The van der Waals surface area contributed by atoms with Gasteiger partial charge in [-0.15, -0.1) is 0 Å². The van der Waals surface area contributed by atoms with Crippen molar-refractivity contribution in [2.75, 3.05) is 0 Å². The molecule has 53 heavy (non-hydrogen) atoms. The first kappa shape index (κ1) is 49.5. The van der Waals surface area contributed by atoms with Crippen LogP contribution in [0.5, 0.6) is 0 Å². The van der Waals surface area contributed by atoms with Gasteiger partial charge in [-0.25, -0.2) is 0 Å². The van der Waals surface area contributed by atoms with E-state index in [4.69, 9.17) is 11.5 Å². The molecule has 0 aliphatic carbocycles. The van der Waals surface area contributed by atoms with E-state index in [0.717, 1.165) is 0 Å². The Labute approximate surface area is 311 Å². The van der Waals surface area contributed by atoms with Crippen molar-refractivity contribution in [2.24, 2.45) is 35.1 Å². The van der Waals surface area contributed by atoms with Gasteiger partial charge in [0.2, 0.25) is 5.91 Å². The molecule has 12 atom stereocenters. The smallest absolute Gasteiger partial charge is 0.251 e. The molecule has 0 aromatic rings. The topological polar surface area (TPSA) is 336 Å². The number of carbonyl (C=O) groups is 6. The van der Waals surface area contributed by atoms with E-state index < -0.39 is 114 Å². The van der Waals surface area contributed by atoms with Crippen molar-refractivity contribution in [1.82, 2.24) is 26.6 Å². The molecule has 0 rings (SSSR count). The molecule has 0 fully saturated rings. The Hall–Kier alpha value is -3.46. The average molecular weight is 764 g/mol. The maximum Gasteiger partial charge on any atom is 0.251 e. The fourth-order valence-electron chi connectivity index (χ4n) is 5.26. The number of aliphatic hydroxyl groups excluding tert-OH is 6. The second-order valence-corrected chi connectivity index (χ2v) is 15.3. The lowest BCUT2D eigenvalue weighted by molar-refractivity contribution is -0.139. The van der Waals surface area contributed by atoms with Crippen LogP contribution in [0.1, 0.15) is 82.1 Å². The van der Waals surface area contributed by atoms with Crippen LogP contribution in [-0.2, 0) is 28.8 Å². The van der Waals surface area contributed by atoms with E-state index in [1.54, 1.807) is 55.4 Å². The second-order valence-electron chi connectivity index (χ2n) is 15.3. The highest BCUT2D eigenvalue weighted by Crippen LogP contribution is 2.14. The second kappa shape index (κ2) is 22.7. The third-order valence-electron chi connectivity index (χ3n) is 8.69. The lowest BCUT2D eigenvalue weighted by Gasteiger charge is -2.32. The van der Waals surface area contributed by atoms with Crippen LogP contribution in [0.15, 0.2) is 0 Å². The van der Waals surface area contributed by atoms with Crippen molar-refractivity contribution in [3.05, 3.63) is 0 Å². The van der Waals surface area contributed by atoms with Crippen molar-refractivity contribution >= 4 is 35.4 Å². The third kappa shape index (κ3) is 16.2. The van der Waals surface area contributed by atoms with E-state index in [2.05, 4.69) is 26.6 Å². The summed E-state index contributed by atoms with van der Waals surface area (Å²) < 4.78 is 0. The predicted octanol–water partition coefficient (Wildman–Crippen LogP) is -4.17. The molecule has 0 aromatic heterocycles. The van der Waals surface area contributed by atoms with Crippen LogP contribution in [0.2, 0.25) is 0 Å². The summed E-state index contributed by atoms with van der Waals surface area (Å²) in [6.45, 7) is 16.1. The number of carbonyl (C=O) groups excluding carboxylic acids is 6. The fraction of sp³-hybridized carbons (Fsp3) is 0.824. The number of primary amides is 1. The lowest BCUT2D eigenvalue weighted by atomic mass is 9.94. The normalized spacial score (nSPS) is 18.7. The molecule has 0 aromatic carbocycles. The first-order valence-corrected chi connectivity index (χ1v) is 17.9. The van der Waals surface area contributed by atoms with E-state index in [1.165, 1.54) is 13.8 Å². The van der Waals surface area contributed by atoms with Gasteiger partial charge in [-0.05, 0) is 50.4 Å². The Morgan fingerprint density at radius 2 is 0.792 bits per heavy atom. The monoisotopic (exact) mass is 763 g/mol. The molecule has 15 N–H and O–H groups in total. The minimum Gasteiger partial charge on any atom is -0.382 e. The van der Waals surface area contributed by atoms with Crippen LogP contribution in [0.25, 0.3) is 0 Å². The van der Waals surface area contributed by atoms with Crippen LogP contribution < -0.4 is 38.1 Å². The summed E-state index contributed by atoms with van der Waals surface area (Å²) in [5.74, 6) is -7.40. The van der Waals surface area contributed by atoms with Crippen LogP contribution in [0, 0.1) is 23.7 Å². The fourth-order valence-corrected chi connectivity index (χ4v) is 5.26. The zero-order valence-corrected chi connectivity index (χ0v) is 32.4. The molecule has 0 spiro atoms. The summed E-state index contributed by atoms with van der Waals surface area (Å²) in [5.41, 5.74) is 11.0. The first-order chi connectivity index (χ1) is 24.2. The van der Waals surface area contributed by atoms with Crippen molar-refractivity contribution in [3.8, 4) is 0 Å². The molecular formula is C34H65N7O12. The summed E-state index contributed by atoms with van der Waals surface area (Å²) in [6, 6.07) is -7.15. The van der Waals surface area contributed by atoms with E-state index in [0.29, 0.717) is 0 Å². The van der Waals surface area contributed by atoms with Gasteiger partial charge in [0.1, 0.15) is 6.10 Å². The molecule has 0 aliphatic heterocycles. The Morgan fingerprint density at radius 3 is 1.13 bits per heavy atom. The van der Waals surface area contributed by atoms with E-state index >= 15 is 0 Å². The molecule has 0 unspecified atom stereocenters. The quantitative estimate of drug-likeness (QED) is 0.0471. The van der Waals surface area contributed by atoms with Crippen molar-refractivity contribution < 1.29 is 59.4 Å². The highest BCUT2D eigenvalue weighted by Gasteiger charge is 2.38. The van der Waals surface area contributed by atoms with Gasteiger partial charge in [-0.3, -0.25) is 28.8 Å². The Bertz CT molecular complexity index is 1220. The summed E-state index contributed by atoms with van der Waals surface area (Å²) >= 11 is 0. The summed E-state index contributed by atoms with van der Waals surface area (Å²) in [4.78, 5) is 75.9. The minimum absolute atomic E-state index is 0.0388. The number of hydrogen-bond donors (Lipinski definition) is 13. The van der Waals surface area contributed by atoms with Crippen molar-refractivity contribution in [2.45, 2.75) is 155 Å². The molecule has 0 aliphatic rings. The highest BCUT2D eigenvalue weighted by atomic mass is 16.3. The summed E-state index contributed by atoms with van der Waals surface area (Å²) in [6.07, 6.45) is -10.8. The van der Waals surface area contributed by atoms with Crippen LogP contribution in [0.4, 0.5) is 0 Å². The highest BCUT2D eigenvalue weighted by molar-refractivity contribution is 5.88. The van der Waals surface area contributed by atoms with Gasteiger partial charge in [-0.1, -0.05) is 55.4 Å². The molecular weight excluding hydrogens is 698 g/mol. The Balaban J connectivity index is 5.71. The molecule has 0 saturated carbocycles. The summed E-state index contributed by atoms with van der Waals surface area (Å²) in [7, 11) is 0. The number of aliphatic hydroxyl groups is 6. The Kier molecular flexibility index (Phi) is 21.2.